The highest BCUT2D eigenvalue weighted by Gasteiger charge is 2.19. The normalized spacial score (nSPS) is 11.7. The molecule has 3 N–H and O–H groups in total. The number of nitrogens with two attached hydrogens (primary N) is 1. The van der Waals surface area contributed by atoms with Gasteiger partial charge in [0.15, 0.2) is 6.23 Å². The van der Waals surface area contributed by atoms with Crippen LogP contribution in [0.5, 0.6) is 0 Å². The molecular weight excluding hydrogens is 692 g/mol. The summed E-state index contributed by atoms with van der Waals surface area (Å²) in [5.74, 6) is 0. The van der Waals surface area contributed by atoms with E-state index in [4.69, 9.17) is 24.8 Å². The number of carbonyl (C=O) groups is 2. The number of ether oxygens (including phenoxy) is 2. The van der Waals surface area contributed by atoms with Gasteiger partial charge in [0.25, 0.3) is 6.47 Å². The number of amides is 1. The number of fused-ring (bicyclic) bond motifs is 2. The fraction of sp³-hybridized carbons (Fsp3) is 0.262. The molecule has 0 aliphatic carbocycles. The number of hydrogen-bond donors (Lipinski definition) is 2. The number of halogens is 1. The van der Waals surface area contributed by atoms with Crippen LogP contribution in [0.4, 0.5) is 4.79 Å². The van der Waals surface area contributed by atoms with E-state index in [0.717, 1.165) is 36.1 Å². The van der Waals surface area contributed by atoms with Crippen molar-refractivity contribution in [3.05, 3.63) is 144 Å². The van der Waals surface area contributed by atoms with Crippen molar-refractivity contribution in [3.8, 4) is 0 Å². The Kier molecular flexibility index (Phi) is 16.1. The highest BCUT2D eigenvalue weighted by Crippen LogP contribution is 2.24. The Morgan fingerprint density at radius 2 is 1.17 bits per heavy atom. The number of para-hydroxylation sites is 2. The van der Waals surface area contributed by atoms with Gasteiger partial charge in [-0.2, -0.15) is 9.59 Å². The van der Waals surface area contributed by atoms with Crippen LogP contribution in [0.25, 0.3) is 21.8 Å². The van der Waals surface area contributed by atoms with E-state index in [2.05, 4.69) is 99.4 Å². The minimum Gasteiger partial charge on any atom is -0.449 e. The molecule has 6 rings (SSSR count). The van der Waals surface area contributed by atoms with Crippen LogP contribution in [0.1, 0.15) is 50.2 Å². The van der Waals surface area contributed by atoms with E-state index in [1.807, 2.05) is 64.1 Å². The fourth-order valence-corrected chi connectivity index (χ4v) is 5.98. The maximum atomic E-state index is 12.1. The van der Waals surface area contributed by atoms with E-state index in [-0.39, 0.29) is 30.7 Å². The lowest BCUT2D eigenvalue weighted by atomic mass is 10.1. The van der Waals surface area contributed by atoms with Crippen LogP contribution in [-0.4, -0.2) is 45.7 Å². The van der Waals surface area contributed by atoms with E-state index in [1.54, 1.807) is 0 Å². The maximum absolute atomic E-state index is 12.1. The summed E-state index contributed by atoms with van der Waals surface area (Å²) in [6.45, 7) is 9.59. The van der Waals surface area contributed by atoms with Crippen molar-refractivity contribution >= 4 is 52.9 Å². The number of aromatic nitrogens is 2. The number of hydrogen-bond acceptors (Lipinski definition) is 7. The summed E-state index contributed by atoms with van der Waals surface area (Å²) in [6.07, 6.45) is 0.470. The van der Waals surface area contributed by atoms with Crippen LogP contribution < -0.4 is 11.1 Å². The molecule has 1 amide bonds. The predicted octanol–water partition coefficient (Wildman–Crippen LogP) is 7.67. The van der Waals surface area contributed by atoms with E-state index in [1.165, 1.54) is 27.7 Å². The summed E-state index contributed by atoms with van der Waals surface area (Å²) in [5.41, 5.74) is 12.4. The lowest BCUT2D eigenvalue weighted by Gasteiger charge is -2.22. The van der Waals surface area contributed by atoms with E-state index in [9.17, 15) is 9.59 Å². The number of nitrogens with one attached hydrogen (secondary N) is 1. The zero-order valence-electron chi connectivity index (χ0n) is 30.4. The Bertz CT molecular complexity index is 2070. The number of nitrogens with zero attached hydrogens (tertiary/aromatic N) is 2. The Morgan fingerprint density at radius 1 is 0.755 bits per heavy atom. The Labute approximate surface area is 316 Å². The first-order valence-electron chi connectivity index (χ1n) is 17.1. The first-order chi connectivity index (χ1) is 25.0. The molecule has 0 unspecified atom stereocenters. The number of rotatable bonds is 11. The van der Waals surface area contributed by atoms with E-state index < -0.39 is 11.8 Å². The van der Waals surface area contributed by atoms with Crippen molar-refractivity contribution in [3.63, 3.8) is 0 Å². The SMILES string of the molecule is C[C@H](Cc1cc2ccccc2n1Cc1ccccc1)NC(=O)OC(C)(C)C.Cl.N[C@@H](Cc1cc2ccccc2n1Cc1ccccc1)OC=O.O=C=O. The molecule has 2 atom stereocenters. The minimum absolute atomic E-state index is 0. The molecule has 4 aromatic carbocycles. The predicted molar refractivity (Wildman–Crippen MR) is 209 cm³/mol. The van der Waals surface area contributed by atoms with Gasteiger partial charge in [-0.3, -0.25) is 10.5 Å². The second kappa shape index (κ2) is 20.4. The van der Waals surface area contributed by atoms with Gasteiger partial charge in [0, 0.05) is 54.4 Å². The smallest absolute Gasteiger partial charge is 0.407 e. The molecule has 10 nitrogen and oxygen atoms in total. The molecule has 0 saturated carbocycles. The molecule has 0 bridgehead atoms. The summed E-state index contributed by atoms with van der Waals surface area (Å²) < 4.78 is 14.8. The average Bonchev–Trinajstić information content (AvgIpc) is 3.62. The summed E-state index contributed by atoms with van der Waals surface area (Å²) in [5, 5.41) is 5.32. The van der Waals surface area contributed by atoms with Gasteiger partial charge in [0.2, 0.25) is 0 Å². The summed E-state index contributed by atoms with van der Waals surface area (Å²) in [7, 11) is 0. The van der Waals surface area contributed by atoms with Crippen molar-refractivity contribution < 1.29 is 28.7 Å². The molecule has 0 aliphatic heterocycles. The highest BCUT2D eigenvalue weighted by molar-refractivity contribution is 5.85. The topological polar surface area (TPSA) is 135 Å². The molecule has 2 aromatic heterocycles. The van der Waals surface area contributed by atoms with Crippen molar-refractivity contribution in [2.75, 3.05) is 0 Å². The van der Waals surface area contributed by atoms with Crippen molar-refractivity contribution in [1.82, 2.24) is 14.5 Å². The Balaban J connectivity index is 0.000000265. The highest BCUT2D eigenvalue weighted by atomic mass is 35.5. The summed E-state index contributed by atoms with van der Waals surface area (Å²) in [6, 6.07) is 41.6. The van der Waals surface area contributed by atoms with Crippen LogP contribution in [0, 0.1) is 0 Å². The van der Waals surface area contributed by atoms with Crippen LogP contribution in [-0.2, 0) is 49.8 Å². The lowest BCUT2D eigenvalue weighted by Crippen LogP contribution is -2.38. The van der Waals surface area contributed by atoms with Gasteiger partial charge < -0.3 is 23.9 Å². The zero-order chi connectivity index (χ0) is 37.5. The lowest BCUT2D eigenvalue weighted by molar-refractivity contribution is -0.191. The van der Waals surface area contributed by atoms with Gasteiger partial charge in [0.05, 0.1) is 0 Å². The molecule has 0 aliphatic rings. The van der Waals surface area contributed by atoms with E-state index in [0.29, 0.717) is 12.9 Å². The monoisotopic (exact) mass is 738 g/mol. The van der Waals surface area contributed by atoms with Crippen molar-refractivity contribution in [1.29, 1.82) is 0 Å². The van der Waals surface area contributed by atoms with Gasteiger partial charge in [0.1, 0.15) is 5.60 Å². The zero-order valence-corrected chi connectivity index (χ0v) is 31.3. The summed E-state index contributed by atoms with van der Waals surface area (Å²) in [4.78, 5) is 38.8. The van der Waals surface area contributed by atoms with Crippen molar-refractivity contribution in [2.24, 2.45) is 5.73 Å². The molecule has 0 fully saturated rings. The molecule has 2 heterocycles. The Morgan fingerprint density at radius 3 is 1.60 bits per heavy atom. The van der Waals surface area contributed by atoms with Crippen LogP contribution in [0.2, 0.25) is 0 Å². The molecule has 0 radical (unpaired) electrons. The fourth-order valence-electron chi connectivity index (χ4n) is 5.98. The molecule has 0 saturated heterocycles. The molecule has 0 spiro atoms. The molecule has 11 heteroatoms. The van der Waals surface area contributed by atoms with Crippen LogP contribution >= 0.6 is 12.4 Å². The van der Waals surface area contributed by atoms with Gasteiger partial charge >= 0.3 is 12.2 Å². The maximum Gasteiger partial charge on any atom is 0.407 e. The van der Waals surface area contributed by atoms with Gasteiger partial charge in [-0.15, -0.1) is 12.4 Å². The average molecular weight is 739 g/mol. The van der Waals surface area contributed by atoms with E-state index >= 15 is 0 Å². The van der Waals surface area contributed by atoms with Crippen molar-refractivity contribution in [2.45, 2.75) is 71.5 Å². The van der Waals surface area contributed by atoms with Gasteiger partial charge in [-0.25, -0.2) is 4.79 Å². The molecule has 278 valence electrons. The third-order valence-corrected chi connectivity index (χ3v) is 8.08. The first kappa shape index (κ1) is 41.7. The Hall–Kier alpha value is -5.67. The second-order valence-electron chi connectivity index (χ2n) is 13.3. The quantitative estimate of drug-likeness (QED) is 0.103. The van der Waals surface area contributed by atoms with Gasteiger partial charge in [-0.05, 0) is 73.9 Å². The number of carbonyl (C=O) groups excluding carboxylic acids is 4. The summed E-state index contributed by atoms with van der Waals surface area (Å²) >= 11 is 0. The largest absolute Gasteiger partial charge is 0.449 e. The second-order valence-corrected chi connectivity index (χ2v) is 13.3. The number of alkyl carbamates (subject to hydrolysis) is 1. The van der Waals surface area contributed by atoms with Crippen LogP contribution in [0.3, 0.4) is 0 Å². The van der Waals surface area contributed by atoms with Gasteiger partial charge in [-0.1, -0.05) is 97.1 Å². The molecule has 53 heavy (non-hydrogen) atoms. The number of benzene rings is 4. The standard InChI is InChI=1S/C23H28N2O2.C18H18N2O2.CO2.ClH/c1-17(24-22(26)27-23(2,3)4)14-20-15-19-12-8-9-13-21(19)25(20)16-18-10-6-5-7-11-18;19-18(22-13-21)11-16-10-15-8-4-5-9-17(15)20(16)12-14-6-2-1-3-7-14;2-1-3;/h5-13,15,17H,14,16H2,1-4H3,(H,24,26);1-10,13,18H,11-12,19H2;;1H/t17-;18-;;/m11../s1. The molecular formula is C42H47ClN4O6. The first-order valence-corrected chi connectivity index (χ1v) is 17.1. The minimum atomic E-state index is -0.628. The molecule has 6 aromatic rings. The third kappa shape index (κ3) is 12.8. The third-order valence-electron chi connectivity index (χ3n) is 8.08. The van der Waals surface area contributed by atoms with Crippen LogP contribution in [0.15, 0.2) is 121 Å².